The molecule has 1 aliphatic rings. The largest absolute Gasteiger partial charge is 0.487 e. The molecule has 3 rings (SSSR count). The standard InChI is InChI=1S/C20H24N2O4S/c1-20(2)13-17(16-10-5-6-11-18(16)26-20)21-19(23)14-8-7-9-15(12-14)27(24,25)22(3)4/h5-12,17H,13H2,1-4H3,(H,21,23)/t17-/m0/s1. The molecule has 0 saturated carbocycles. The van der Waals surface area contributed by atoms with E-state index in [1.54, 1.807) is 12.1 Å². The molecule has 1 heterocycles. The maximum atomic E-state index is 12.8. The van der Waals surface area contributed by atoms with Crippen LogP contribution in [0.3, 0.4) is 0 Å². The van der Waals surface area contributed by atoms with Gasteiger partial charge < -0.3 is 10.1 Å². The molecule has 0 unspecified atom stereocenters. The lowest BCUT2D eigenvalue weighted by molar-refractivity contribution is 0.0619. The van der Waals surface area contributed by atoms with Crippen molar-refractivity contribution in [3.8, 4) is 5.75 Å². The average molecular weight is 388 g/mol. The number of nitrogens with zero attached hydrogens (tertiary/aromatic N) is 1. The van der Waals surface area contributed by atoms with Crippen LogP contribution in [0.4, 0.5) is 0 Å². The highest BCUT2D eigenvalue weighted by Gasteiger charge is 2.34. The van der Waals surface area contributed by atoms with E-state index in [0.717, 1.165) is 15.6 Å². The molecule has 1 aliphatic heterocycles. The summed E-state index contributed by atoms with van der Waals surface area (Å²) in [6, 6.07) is 13.5. The molecule has 6 nitrogen and oxygen atoms in total. The number of fused-ring (bicyclic) bond motifs is 1. The van der Waals surface area contributed by atoms with E-state index in [2.05, 4.69) is 5.32 Å². The van der Waals surface area contributed by atoms with Crippen molar-refractivity contribution < 1.29 is 17.9 Å². The molecule has 0 bridgehead atoms. The van der Waals surface area contributed by atoms with Crippen molar-refractivity contribution in [3.05, 3.63) is 59.7 Å². The number of ether oxygens (including phenoxy) is 1. The first kappa shape index (κ1) is 19.4. The predicted octanol–water partition coefficient (Wildman–Crippen LogP) is 2.97. The molecular formula is C20H24N2O4S. The van der Waals surface area contributed by atoms with Gasteiger partial charge in [-0.05, 0) is 38.1 Å². The SMILES string of the molecule is CN(C)S(=O)(=O)c1cccc(C(=O)N[C@H]2CC(C)(C)Oc3ccccc32)c1. The molecule has 1 N–H and O–H groups in total. The molecule has 0 aromatic heterocycles. The second-order valence-corrected chi connectivity index (χ2v) is 9.60. The lowest BCUT2D eigenvalue weighted by atomic mass is 9.89. The number of hydrogen-bond acceptors (Lipinski definition) is 4. The maximum Gasteiger partial charge on any atom is 0.251 e. The second kappa shape index (κ2) is 6.98. The molecule has 27 heavy (non-hydrogen) atoms. The van der Waals surface area contributed by atoms with Crippen LogP contribution >= 0.6 is 0 Å². The number of benzene rings is 2. The van der Waals surface area contributed by atoms with E-state index in [4.69, 9.17) is 4.74 Å². The lowest BCUT2D eigenvalue weighted by Gasteiger charge is -2.37. The van der Waals surface area contributed by atoms with E-state index in [-0.39, 0.29) is 16.8 Å². The maximum absolute atomic E-state index is 12.8. The van der Waals surface area contributed by atoms with Gasteiger partial charge in [0.1, 0.15) is 11.4 Å². The summed E-state index contributed by atoms with van der Waals surface area (Å²) >= 11 is 0. The molecule has 1 amide bonds. The first-order valence-corrected chi connectivity index (χ1v) is 10.2. The van der Waals surface area contributed by atoms with Crippen molar-refractivity contribution in [2.75, 3.05) is 14.1 Å². The van der Waals surface area contributed by atoms with Gasteiger partial charge in [0.25, 0.3) is 5.91 Å². The summed E-state index contributed by atoms with van der Waals surface area (Å²) in [6.45, 7) is 3.96. The third kappa shape index (κ3) is 3.99. The summed E-state index contributed by atoms with van der Waals surface area (Å²) in [5.41, 5.74) is 0.810. The number of rotatable bonds is 4. The van der Waals surface area contributed by atoms with E-state index in [1.807, 2.05) is 38.1 Å². The highest BCUT2D eigenvalue weighted by molar-refractivity contribution is 7.89. The molecule has 0 saturated heterocycles. The Hall–Kier alpha value is -2.38. The van der Waals surface area contributed by atoms with Crippen molar-refractivity contribution in [3.63, 3.8) is 0 Å². The Labute approximate surface area is 160 Å². The molecule has 2 aromatic rings. The molecular weight excluding hydrogens is 364 g/mol. The number of sulfonamides is 1. The van der Waals surface area contributed by atoms with E-state index in [0.29, 0.717) is 12.0 Å². The van der Waals surface area contributed by atoms with Crippen LogP contribution in [-0.2, 0) is 10.0 Å². The number of amides is 1. The molecule has 0 fully saturated rings. The van der Waals surface area contributed by atoms with E-state index in [1.165, 1.54) is 26.2 Å². The van der Waals surface area contributed by atoms with Gasteiger partial charge in [-0.3, -0.25) is 4.79 Å². The Bertz CT molecular complexity index is 967. The molecule has 7 heteroatoms. The summed E-state index contributed by atoms with van der Waals surface area (Å²) in [5, 5.41) is 3.03. The van der Waals surface area contributed by atoms with Crippen molar-refractivity contribution >= 4 is 15.9 Å². The zero-order valence-electron chi connectivity index (χ0n) is 15.9. The zero-order valence-corrected chi connectivity index (χ0v) is 16.7. The fraction of sp³-hybridized carbons (Fsp3) is 0.350. The van der Waals surface area contributed by atoms with Gasteiger partial charge in [-0.15, -0.1) is 0 Å². The van der Waals surface area contributed by atoms with Crippen LogP contribution in [-0.4, -0.2) is 38.3 Å². The Balaban J connectivity index is 1.88. The summed E-state index contributed by atoms with van der Waals surface area (Å²) in [6.07, 6.45) is 0.617. The van der Waals surface area contributed by atoms with Crippen LogP contribution in [0.25, 0.3) is 0 Å². The monoisotopic (exact) mass is 388 g/mol. The van der Waals surface area contributed by atoms with Gasteiger partial charge in [0, 0.05) is 31.6 Å². The average Bonchev–Trinajstić information content (AvgIpc) is 2.60. The molecule has 144 valence electrons. The van der Waals surface area contributed by atoms with Gasteiger partial charge in [0.05, 0.1) is 10.9 Å². The molecule has 0 radical (unpaired) electrons. The van der Waals surface area contributed by atoms with Crippen LogP contribution in [0.5, 0.6) is 5.75 Å². The molecule has 2 aromatic carbocycles. The highest BCUT2D eigenvalue weighted by atomic mass is 32.2. The minimum absolute atomic E-state index is 0.0906. The van der Waals surface area contributed by atoms with Gasteiger partial charge in [-0.2, -0.15) is 0 Å². The lowest BCUT2D eigenvalue weighted by Crippen LogP contribution is -2.41. The number of carbonyl (C=O) groups excluding carboxylic acids is 1. The highest BCUT2D eigenvalue weighted by Crippen LogP contribution is 2.39. The number of carbonyl (C=O) groups is 1. The topological polar surface area (TPSA) is 75.7 Å². The fourth-order valence-corrected chi connectivity index (χ4v) is 4.13. The van der Waals surface area contributed by atoms with Crippen molar-refractivity contribution in [2.24, 2.45) is 0 Å². The Kier molecular flexibility index (Phi) is 5.01. The van der Waals surface area contributed by atoms with Crippen LogP contribution in [0.15, 0.2) is 53.4 Å². The van der Waals surface area contributed by atoms with Crippen LogP contribution in [0, 0.1) is 0 Å². The Morgan fingerprint density at radius 3 is 2.56 bits per heavy atom. The summed E-state index contributed by atoms with van der Waals surface area (Å²) in [5.74, 6) is 0.436. The van der Waals surface area contributed by atoms with Crippen molar-refractivity contribution in [2.45, 2.75) is 36.8 Å². The van der Waals surface area contributed by atoms with Crippen molar-refractivity contribution in [1.29, 1.82) is 0 Å². The molecule has 1 atom stereocenters. The molecule has 0 aliphatic carbocycles. The van der Waals surface area contributed by atoms with Crippen LogP contribution in [0.1, 0.15) is 42.2 Å². The molecule has 0 spiro atoms. The normalized spacial score (nSPS) is 18.5. The fourth-order valence-electron chi connectivity index (χ4n) is 3.18. The summed E-state index contributed by atoms with van der Waals surface area (Å²) in [4.78, 5) is 12.9. The quantitative estimate of drug-likeness (QED) is 0.874. The van der Waals surface area contributed by atoms with Gasteiger partial charge in [0.15, 0.2) is 0 Å². The summed E-state index contributed by atoms with van der Waals surface area (Å²) in [7, 11) is -0.677. The smallest absolute Gasteiger partial charge is 0.251 e. The second-order valence-electron chi connectivity index (χ2n) is 7.45. The van der Waals surface area contributed by atoms with Gasteiger partial charge in [0.2, 0.25) is 10.0 Å². The first-order chi connectivity index (χ1) is 12.6. The Morgan fingerprint density at radius 1 is 1.15 bits per heavy atom. The van der Waals surface area contributed by atoms with E-state index >= 15 is 0 Å². The van der Waals surface area contributed by atoms with E-state index < -0.39 is 15.6 Å². The number of nitrogens with one attached hydrogen (secondary N) is 1. The summed E-state index contributed by atoms with van der Waals surface area (Å²) < 4.78 is 31.8. The predicted molar refractivity (Wildman–Crippen MR) is 103 cm³/mol. The minimum Gasteiger partial charge on any atom is -0.487 e. The van der Waals surface area contributed by atoms with Crippen molar-refractivity contribution in [1.82, 2.24) is 9.62 Å². The minimum atomic E-state index is -3.60. The third-order valence-electron chi connectivity index (χ3n) is 4.56. The van der Waals surface area contributed by atoms with E-state index in [9.17, 15) is 13.2 Å². The van der Waals surface area contributed by atoms with Gasteiger partial charge in [-0.25, -0.2) is 12.7 Å². The van der Waals surface area contributed by atoms with Crippen LogP contribution < -0.4 is 10.1 Å². The Morgan fingerprint density at radius 2 is 1.85 bits per heavy atom. The third-order valence-corrected chi connectivity index (χ3v) is 6.37. The first-order valence-electron chi connectivity index (χ1n) is 8.71. The van der Waals surface area contributed by atoms with Gasteiger partial charge >= 0.3 is 0 Å². The number of para-hydroxylation sites is 1. The zero-order chi connectivity index (χ0) is 19.8. The van der Waals surface area contributed by atoms with Crippen LogP contribution in [0.2, 0.25) is 0 Å². The van der Waals surface area contributed by atoms with Gasteiger partial charge in [-0.1, -0.05) is 24.3 Å². The number of hydrogen-bond donors (Lipinski definition) is 1.